The van der Waals surface area contributed by atoms with E-state index in [0.717, 1.165) is 12.1 Å². The van der Waals surface area contributed by atoms with Gasteiger partial charge in [-0.2, -0.15) is 0 Å². The fraction of sp³-hybridized carbons (Fsp3) is 0. The van der Waals surface area contributed by atoms with Crippen molar-refractivity contribution < 1.29 is 19.1 Å². The molecule has 2 N–H and O–H groups in total. The highest BCUT2D eigenvalue weighted by molar-refractivity contribution is 6.33. The van der Waals surface area contributed by atoms with E-state index in [0.29, 0.717) is 0 Å². The van der Waals surface area contributed by atoms with Gasteiger partial charge in [-0.3, -0.25) is 0 Å². The van der Waals surface area contributed by atoms with Gasteiger partial charge < -0.3 is 14.7 Å². The molecule has 0 spiro atoms. The molecule has 0 aliphatic rings. The summed E-state index contributed by atoms with van der Waals surface area (Å²) in [6.45, 7) is 0. The Morgan fingerprint density at radius 1 is 1.36 bits per heavy atom. The first-order valence-corrected chi connectivity index (χ1v) is 3.94. The van der Waals surface area contributed by atoms with Crippen LogP contribution in [0.3, 0.4) is 0 Å². The Kier molecular flexibility index (Phi) is 3.78. The number of hydrogen-bond donors (Lipinski definition) is 2. The van der Waals surface area contributed by atoms with E-state index in [2.05, 4.69) is 10.6 Å². The number of benzene rings is 1. The Hall–Kier alpha value is -1.22. The lowest BCUT2D eigenvalue weighted by Crippen LogP contribution is -2.12. The van der Waals surface area contributed by atoms with E-state index < -0.39 is 13.1 Å². The fourth-order valence-corrected chi connectivity index (χ4v) is 0.989. The van der Waals surface area contributed by atoms with Gasteiger partial charge >= 0.3 is 7.32 Å². The standard InChI is InChI=1S/C8H5BClFO3/c10-7-3-6(4-8(11)5-7)1-2-14-9(12)13/h3-5,12-13H. The van der Waals surface area contributed by atoms with Crippen LogP contribution in [0.1, 0.15) is 5.56 Å². The van der Waals surface area contributed by atoms with Crippen molar-refractivity contribution in [2.45, 2.75) is 0 Å². The molecule has 0 radical (unpaired) electrons. The van der Waals surface area contributed by atoms with E-state index in [4.69, 9.17) is 21.6 Å². The molecule has 1 aromatic carbocycles. The van der Waals surface area contributed by atoms with E-state index in [1.807, 2.05) is 6.11 Å². The monoisotopic (exact) mass is 214 g/mol. The van der Waals surface area contributed by atoms with E-state index in [9.17, 15) is 4.39 Å². The van der Waals surface area contributed by atoms with E-state index in [-0.39, 0.29) is 10.6 Å². The maximum Gasteiger partial charge on any atom is 0.716 e. The average molecular weight is 214 g/mol. The van der Waals surface area contributed by atoms with Crippen molar-refractivity contribution in [3.05, 3.63) is 34.6 Å². The van der Waals surface area contributed by atoms with Crippen molar-refractivity contribution in [3.63, 3.8) is 0 Å². The maximum atomic E-state index is 12.7. The lowest BCUT2D eigenvalue weighted by molar-refractivity contribution is 0.271. The quantitative estimate of drug-likeness (QED) is 0.536. The SMILES string of the molecule is OB(O)OC#Cc1cc(F)cc(Cl)c1. The van der Waals surface area contributed by atoms with Crippen molar-refractivity contribution in [1.29, 1.82) is 0 Å². The van der Waals surface area contributed by atoms with Crippen LogP contribution in [0.15, 0.2) is 18.2 Å². The first-order valence-electron chi connectivity index (χ1n) is 3.57. The summed E-state index contributed by atoms with van der Waals surface area (Å²) in [5.74, 6) is 1.82. The predicted octanol–water partition coefficient (Wildman–Crippen LogP) is 0.774. The van der Waals surface area contributed by atoms with Gasteiger partial charge in [-0.1, -0.05) is 11.6 Å². The summed E-state index contributed by atoms with van der Waals surface area (Å²) in [7, 11) is -1.97. The van der Waals surface area contributed by atoms with Crippen LogP contribution in [0.2, 0.25) is 5.02 Å². The molecule has 0 amide bonds. The summed E-state index contributed by atoms with van der Waals surface area (Å²) in [4.78, 5) is 0. The van der Waals surface area contributed by atoms with Crippen LogP contribution in [0, 0.1) is 17.8 Å². The first-order chi connectivity index (χ1) is 6.58. The lowest BCUT2D eigenvalue weighted by Gasteiger charge is -1.93. The van der Waals surface area contributed by atoms with Gasteiger partial charge in [0.1, 0.15) is 5.82 Å². The second-order valence-corrected chi connectivity index (χ2v) is 2.77. The molecule has 0 unspecified atom stereocenters. The number of rotatable bonds is 1. The smallest absolute Gasteiger partial charge is 0.462 e. The van der Waals surface area contributed by atoms with Crippen LogP contribution >= 0.6 is 11.6 Å². The summed E-state index contributed by atoms with van der Waals surface area (Å²) < 4.78 is 16.8. The summed E-state index contributed by atoms with van der Waals surface area (Å²) >= 11 is 5.54. The van der Waals surface area contributed by atoms with Gasteiger partial charge in [0.2, 0.25) is 0 Å². The summed E-state index contributed by atoms with van der Waals surface area (Å²) in [6.07, 6.45) is 1.98. The molecule has 0 saturated heterocycles. The van der Waals surface area contributed by atoms with Crippen molar-refractivity contribution in [2.75, 3.05) is 0 Å². The Labute approximate surface area is 85.3 Å². The molecular weight excluding hydrogens is 209 g/mol. The largest absolute Gasteiger partial charge is 0.716 e. The second-order valence-electron chi connectivity index (χ2n) is 2.33. The van der Waals surface area contributed by atoms with Gasteiger partial charge in [-0.05, 0) is 24.1 Å². The molecule has 14 heavy (non-hydrogen) atoms. The second kappa shape index (κ2) is 4.87. The van der Waals surface area contributed by atoms with E-state index in [1.165, 1.54) is 6.07 Å². The number of hydrogen-bond acceptors (Lipinski definition) is 3. The van der Waals surface area contributed by atoms with Crippen LogP contribution in [0.4, 0.5) is 4.39 Å². The lowest BCUT2D eigenvalue weighted by atomic mass is 10.2. The third-order valence-electron chi connectivity index (χ3n) is 1.22. The van der Waals surface area contributed by atoms with Crippen molar-refractivity contribution in [1.82, 2.24) is 0 Å². The Morgan fingerprint density at radius 3 is 2.64 bits per heavy atom. The van der Waals surface area contributed by atoms with Crippen molar-refractivity contribution in [3.8, 4) is 12.0 Å². The Morgan fingerprint density at radius 2 is 2.07 bits per heavy atom. The predicted molar refractivity (Wildman–Crippen MR) is 49.6 cm³/mol. The van der Waals surface area contributed by atoms with Gasteiger partial charge in [-0.25, -0.2) is 4.39 Å². The van der Waals surface area contributed by atoms with E-state index in [1.54, 1.807) is 0 Å². The molecular formula is C8H5BClFO3. The highest BCUT2D eigenvalue weighted by Crippen LogP contribution is 2.12. The zero-order valence-electron chi connectivity index (χ0n) is 6.87. The highest BCUT2D eigenvalue weighted by atomic mass is 35.5. The summed E-state index contributed by atoms with van der Waals surface area (Å²) in [5, 5.41) is 16.7. The van der Waals surface area contributed by atoms with Crippen molar-refractivity contribution >= 4 is 18.9 Å². The van der Waals surface area contributed by atoms with Crippen LogP contribution in [-0.2, 0) is 4.65 Å². The van der Waals surface area contributed by atoms with E-state index >= 15 is 0 Å². The average Bonchev–Trinajstić information content (AvgIpc) is 2.01. The van der Waals surface area contributed by atoms with Crippen LogP contribution < -0.4 is 0 Å². The summed E-state index contributed by atoms with van der Waals surface area (Å²) in [6, 6.07) is 3.70. The molecule has 6 heteroatoms. The molecule has 0 bridgehead atoms. The minimum absolute atomic E-state index is 0.207. The minimum atomic E-state index is -1.97. The molecule has 0 heterocycles. The van der Waals surface area contributed by atoms with Gasteiger partial charge in [0.05, 0.1) is 6.11 Å². The minimum Gasteiger partial charge on any atom is -0.462 e. The highest BCUT2D eigenvalue weighted by Gasteiger charge is 2.06. The van der Waals surface area contributed by atoms with Crippen LogP contribution in [0.25, 0.3) is 0 Å². The van der Waals surface area contributed by atoms with Gasteiger partial charge in [0.25, 0.3) is 0 Å². The Bertz CT molecular complexity index is 366. The normalized spacial score (nSPS) is 8.86. The summed E-state index contributed by atoms with van der Waals surface area (Å²) in [5.41, 5.74) is 0.288. The third kappa shape index (κ3) is 3.67. The molecule has 0 atom stereocenters. The molecule has 0 aliphatic carbocycles. The zero-order chi connectivity index (χ0) is 10.6. The molecule has 0 aromatic heterocycles. The topological polar surface area (TPSA) is 49.7 Å². The van der Waals surface area contributed by atoms with Crippen molar-refractivity contribution in [2.24, 2.45) is 0 Å². The third-order valence-corrected chi connectivity index (χ3v) is 1.44. The zero-order valence-corrected chi connectivity index (χ0v) is 7.62. The molecule has 0 aliphatic heterocycles. The van der Waals surface area contributed by atoms with Crippen LogP contribution in [0.5, 0.6) is 0 Å². The van der Waals surface area contributed by atoms with Gasteiger partial charge in [-0.15, -0.1) is 0 Å². The molecule has 3 nitrogen and oxygen atoms in total. The molecule has 1 aromatic rings. The first kappa shape index (κ1) is 10.9. The molecule has 0 saturated carbocycles. The molecule has 1 rings (SSSR count). The van der Waals surface area contributed by atoms with Gasteiger partial charge in [0.15, 0.2) is 0 Å². The van der Waals surface area contributed by atoms with Crippen LogP contribution in [-0.4, -0.2) is 17.4 Å². The Balaban J connectivity index is 2.79. The molecule has 72 valence electrons. The molecule has 0 fully saturated rings. The number of halogens is 2. The van der Waals surface area contributed by atoms with Gasteiger partial charge in [0, 0.05) is 10.6 Å². The maximum absolute atomic E-state index is 12.7. The fourth-order valence-electron chi connectivity index (χ4n) is 0.767.